The highest BCUT2D eigenvalue weighted by atomic mass is 32.1. The molecule has 4 heterocycles. The maximum atomic E-state index is 13.5. The molecule has 2 bridgehead atoms. The van der Waals surface area contributed by atoms with Crippen molar-refractivity contribution in [2.45, 2.75) is 50.2 Å². The standard InChI is InChI=1S/C22H23FN3O2S/c23-15-9-7-14(8-10-15)22(13-26-11-2-1-6-19(22)26)28-21(27)20(25-24)17-12-16-4-3-5-18(17)29-16/h7-10,12,19,24H,1-6,11,13H2/q+1/t19-,22+/m1/s1. The van der Waals surface area contributed by atoms with E-state index in [2.05, 4.69) is 9.69 Å². The zero-order chi connectivity index (χ0) is 20.0. The van der Waals surface area contributed by atoms with Crippen LogP contribution in [0.3, 0.4) is 0 Å². The van der Waals surface area contributed by atoms with E-state index in [0.29, 0.717) is 6.54 Å². The summed E-state index contributed by atoms with van der Waals surface area (Å²) in [4.78, 5) is 21.5. The molecule has 0 amide bonds. The molecule has 29 heavy (non-hydrogen) atoms. The minimum absolute atomic E-state index is 0.0835. The minimum Gasteiger partial charge on any atom is -0.442 e. The van der Waals surface area contributed by atoms with Crippen LogP contribution in [0.2, 0.25) is 0 Å². The average molecular weight is 413 g/mol. The van der Waals surface area contributed by atoms with Gasteiger partial charge in [-0.3, -0.25) is 4.90 Å². The van der Waals surface area contributed by atoms with E-state index < -0.39 is 11.6 Å². The number of rotatable bonds is 4. The maximum absolute atomic E-state index is 13.5. The van der Waals surface area contributed by atoms with Crippen LogP contribution in [0.5, 0.6) is 0 Å². The van der Waals surface area contributed by atoms with Gasteiger partial charge in [0, 0.05) is 16.3 Å². The summed E-state index contributed by atoms with van der Waals surface area (Å²) >= 11 is 1.69. The number of hydrogen-bond acceptors (Lipinski definition) is 5. The van der Waals surface area contributed by atoms with E-state index in [0.717, 1.165) is 61.1 Å². The topological polar surface area (TPSA) is 67.5 Å². The number of hydrogen-bond donors (Lipinski definition) is 1. The lowest BCUT2D eigenvalue weighted by Gasteiger charge is -2.58. The Kier molecular flexibility index (Phi) is 4.62. The Balaban J connectivity index is 1.48. The zero-order valence-corrected chi connectivity index (χ0v) is 16.9. The van der Waals surface area contributed by atoms with Gasteiger partial charge in [-0.05, 0) is 62.4 Å². The van der Waals surface area contributed by atoms with Crippen molar-refractivity contribution in [2.24, 2.45) is 0 Å². The summed E-state index contributed by atoms with van der Waals surface area (Å²) in [5, 5.41) is 0. The highest BCUT2D eigenvalue weighted by Gasteiger charge is 2.58. The molecule has 0 radical (unpaired) electrons. The minimum atomic E-state index is -0.805. The molecule has 5 nitrogen and oxygen atoms in total. The quantitative estimate of drug-likeness (QED) is 0.360. The van der Waals surface area contributed by atoms with Crippen LogP contribution in [-0.4, -0.2) is 40.5 Å². The molecular weight excluding hydrogens is 389 g/mol. The number of esters is 1. The van der Waals surface area contributed by atoms with Crippen molar-refractivity contribution in [1.29, 1.82) is 5.53 Å². The van der Waals surface area contributed by atoms with Crippen LogP contribution in [0.15, 0.2) is 30.3 Å². The third-order valence-electron chi connectivity index (χ3n) is 6.44. The van der Waals surface area contributed by atoms with E-state index in [1.165, 1.54) is 17.0 Å². The van der Waals surface area contributed by atoms with Gasteiger partial charge in [0.2, 0.25) is 0 Å². The van der Waals surface area contributed by atoms with Gasteiger partial charge in [-0.1, -0.05) is 18.6 Å². The second kappa shape index (κ2) is 7.17. The molecule has 0 spiro atoms. The summed E-state index contributed by atoms with van der Waals surface area (Å²) in [5.41, 5.74) is 8.50. The number of carbonyl (C=O) groups excluding carboxylic acids is 1. The Labute approximate surface area is 172 Å². The van der Waals surface area contributed by atoms with Crippen LogP contribution in [-0.2, 0) is 28.0 Å². The number of benzene rings is 1. The molecule has 3 aliphatic heterocycles. The smallest absolute Gasteiger partial charge is 0.442 e. The first-order valence-electron chi connectivity index (χ1n) is 10.2. The molecule has 150 valence electrons. The Hall–Kier alpha value is -2.34. The number of carbonyl (C=O) groups is 1. The molecule has 1 N–H and O–H groups in total. The molecule has 0 saturated carbocycles. The zero-order valence-electron chi connectivity index (χ0n) is 16.1. The number of ether oxygens (including phenoxy) is 1. The Morgan fingerprint density at radius 2 is 2.07 bits per heavy atom. The van der Waals surface area contributed by atoms with Crippen molar-refractivity contribution < 1.29 is 18.7 Å². The summed E-state index contributed by atoms with van der Waals surface area (Å²) in [6.07, 6.45) is 6.14. The molecule has 5 rings (SSSR count). The van der Waals surface area contributed by atoms with Gasteiger partial charge in [0.1, 0.15) is 5.82 Å². The molecule has 2 fully saturated rings. The van der Waals surface area contributed by atoms with Crippen molar-refractivity contribution in [2.75, 3.05) is 13.1 Å². The van der Waals surface area contributed by atoms with Crippen molar-refractivity contribution >= 4 is 23.0 Å². The molecule has 2 aromatic rings. The SMILES string of the molecule is N=[N+]=C(C(=O)O[C@]1(c2ccc(F)cc2)CN2CCCC[C@@H]21)c1cc2sc1CCC2. The predicted molar refractivity (Wildman–Crippen MR) is 107 cm³/mol. The van der Waals surface area contributed by atoms with Gasteiger partial charge < -0.3 is 4.74 Å². The van der Waals surface area contributed by atoms with Crippen LogP contribution >= 0.6 is 11.3 Å². The van der Waals surface area contributed by atoms with Crippen LogP contribution < -0.4 is 0 Å². The number of nitrogens with zero attached hydrogens (tertiary/aromatic N) is 2. The first-order valence-corrected chi connectivity index (χ1v) is 11.0. The number of piperidine rings is 1. The fraction of sp³-hybridized carbons (Fsp3) is 0.455. The molecule has 0 aliphatic carbocycles. The largest absolute Gasteiger partial charge is 0.456 e. The van der Waals surface area contributed by atoms with E-state index >= 15 is 0 Å². The second-order valence-corrected chi connectivity index (χ2v) is 9.35. The lowest BCUT2D eigenvalue weighted by molar-refractivity contribution is -0.210. The summed E-state index contributed by atoms with van der Waals surface area (Å²) in [7, 11) is 0. The van der Waals surface area contributed by atoms with Gasteiger partial charge in [0.15, 0.2) is 5.60 Å². The van der Waals surface area contributed by atoms with Gasteiger partial charge in [-0.25, -0.2) is 9.18 Å². The lowest BCUT2D eigenvalue weighted by atomic mass is 9.73. The molecular formula is C22H23FN3O2S+. The van der Waals surface area contributed by atoms with Gasteiger partial charge >= 0.3 is 11.7 Å². The predicted octanol–water partition coefficient (Wildman–Crippen LogP) is 3.71. The summed E-state index contributed by atoms with van der Waals surface area (Å²) < 4.78 is 19.7. The third-order valence-corrected chi connectivity index (χ3v) is 7.70. The first kappa shape index (κ1) is 18.7. The summed E-state index contributed by atoms with van der Waals surface area (Å²) in [6.45, 7) is 1.59. The summed E-state index contributed by atoms with van der Waals surface area (Å²) in [5.74, 6) is -0.862. The van der Waals surface area contributed by atoms with Crippen molar-refractivity contribution in [3.05, 3.63) is 57.0 Å². The average Bonchev–Trinajstić information content (AvgIpc) is 3.00. The van der Waals surface area contributed by atoms with Gasteiger partial charge in [0.05, 0.1) is 21.9 Å². The van der Waals surface area contributed by atoms with E-state index in [1.54, 1.807) is 23.5 Å². The first-order chi connectivity index (χ1) is 14.1. The fourth-order valence-corrected chi connectivity index (χ4v) is 6.28. The number of fused-ring (bicyclic) bond motifs is 3. The molecule has 7 heteroatoms. The van der Waals surface area contributed by atoms with Gasteiger partial charge in [-0.2, -0.15) is 0 Å². The summed E-state index contributed by atoms with van der Waals surface area (Å²) in [6, 6.07) is 8.34. The van der Waals surface area contributed by atoms with Crippen LogP contribution in [0.25, 0.3) is 0 Å². The Morgan fingerprint density at radius 1 is 1.24 bits per heavy atom. The molecule has 1 aromatic heterocycles. The van der Waals surface area contributed by atoms with Crippen molar-refractivity contribution in [3.8, 4) is 0 Å². The number of nitrogens with one attached hydrogen (secondary N) is 1. The van der Waals surface area contributed by atoms with Crippen LogP contribution in [0.1, 0.15) is 46.6 Å². The Bertz CT molecular complexity index is 1010. The second-order valence-electron chi connectivity index (χ2n) is 8.13. The monoisotopic (exact) mass is 412 g/mol. The Morgan fingerprint density at radius 3 is 2.79 bits per heavy atom. The fourth-order valence-electron chi connectivity index (χ4n) is 5.02. The van der Waals surface area contributed by atoms with Gasteiger partial charge in [0.25, 0.3) is 0 Å². The lowest BCUT2D eigenvalue weighted by Crippen LogP contribution is -2.70. The normalized spacial score (nSPS) is 25.5. The molecule has 2 atom stereocenters. The maximum Gasteiger partial charge on any atom is 0.456 e. The highest BCUT2D eigenvalue weighted by molar-refractivity contribution is 7.12. The van der Waals surface area contributed by atoms with Gasteiger partial charge in [-0.15, -0.1) is 11.3 Å². The van der Waals surface area contributed by atoms with E-state index in [9.17, 15) is 9.18 Å². The van der Waals surface area contributed by atoms with Crippen molar-refractivity contribution in [3.63, 3.8) is 0 Å². The van der Waals surface area contributed by atoms with E-state index in [4.69, 9.17) is 10.3 Å². The van der Waals surface area contributed by atoms with Crippen LogP contribution in [0.4, 0.5) is 4.39 Å². The molecule has 0 unspecified atom stereocenters. The third kappa shape index (κ3) is 3.05. The van der Waals surface area contributed by atoms with E-state index in [-0.39, 0.29) is 17.6 Å². The number of aryl methyl sites for hydroxylation is 2. The molecule has 2 saturated heterocycles. The molecule has 3 aliphatic rings. The van der Waals surface area contributed by atoms with E-state index in [1.807, 2.05) is 6.07 Å². The van der Waals surface area contributed by atoms with Crippen LogP contribution in [0, 0.1) is 11.3 Å². The highest BCUT2D eigenvalue weighted by Crippen LogP contribution is 2.46. The molecule has 1 aromatic carbocycles. The van der Waals surface area contributed by atoms with Crippen molar-refractivity contribution in [1.82, 2.24) is 4.90 Å². The number of thiophene rings is 1. The number of halogens is 1.